The zero-order valence-corrected chi connectivity index (χ0v) is 15.1. The molecular weight excluding hydrogens is 356 g/mol. The van der Waals surface area contributed by atoms with Crippen LogP contribution in [0.3, 0.4) is 0 Å². The predicted octanol–water partition coefficient (Wildman–Crippen LogP) is 1.74. The summed E-state index contributed by atoms with van der Waals surface area (Å²) in [5, 5.41) is 5.55. The molecule has 2 rings (SSSR count). The van der Waals surface area contributed by atoms with Crippen molar-refractivity contribution in [3.63, 3.8) is 0 Å². The Labute approximate surface area is 154 Å². The van der Waals surface area contributed by atoms with Gasteiger partial charge in [-0.2, -0.15) is 0 Å². The number of benzene rings is 1. The van der Waals surface area contributed by atoms with Crippen molar-refractivity contribution in [1.82, 2.24) is 15.3 Å². The average Bonchev–Trinajstić information content (AvgIpc) is 2.67. The molecule has 2 amide bonds. The summed E-state index contributed by atoms with van der Waals surface area (Å²) in [4.78, 5) is 43.5. The number of hydrogen-bond donors (Lipinski definition) is 2. The van der Waals surface area contributed by atoms with Crippen molar-refractivity contribution in [2.24, 2.45) is 0 Å². The second-order valence-corrected chi connectivity index (χ2v) is 6.18. The SMILES string of the molecule is CCSc1nccnc1C(=O)OCC(=O)Nc1ccc(C(=O)NC)cc1. The molecule has 0 aliphatic carbocycles. The van der Waals surface area contributed by atoms with Crippen LogP contribution >= 0.6 is 11.8 Å². The molecule has 26 heavy (non-hydrogen) atoms. The van der Waals surface area contributed by atoms with Crippen LogP contribution in [0.4, 0.5) is 5.69 Å². The van der Waals surface area contributed by atoms with E-state index < -0.39 is 18.5 Å². The molecule has 0 saturated carbocycles. The molecule has 0 aliphatic heterocycles. The molecular formula is C17H18N4O4S. The van der Waals surface area contributed by atoms with E-state index in [1.54, 1.807) is 24.3 Å². The molecule has 1 aromatic carbocycles. The maximum atomic E-state index is 12.1. The molecule has 0 radical (unpaired) electrons. The molecule has 0 bridgehead atoms. The Balaban J connectivity index is 1.90. The summed E-state index contributed by atoms with van der Waals surface area (Å²) in [7, 11) is 1.54. The summed E-state index contributed by atoms with van der Waals surface area (Å²) in [6.07, 6.45) is 2.88. The van der Waals surface area contributed by atoms with Gasteiger partial charge in [0, 0.05) is 30.7 Å². The van der Waals surface area contributed by atoms with Crippen LogP contribution in [-0.2, 0) is 9.53 Å². The lowest BCUT2D eigenvalue weighted by atomic mass is 10.2. The van der Waals surface area contributed by atoms with Gasteiger partial charge in [0.25, 0.3) is 11.8 Å². The van der Waals surface area contributed by atoms with Crippen LogP contribution < -0.4 is 10.6 Å². The van der Waals surface area contributed by atoms with Crippen molar-refractivity contribution >= 4 is 35.2 Å². The van der Waals surface area contributed by atoms with Gasteiger partial charge in [-0.15, -0.1) is 11.8 Å². The highest BCUT2D eigenvalue weighted by Crippen LogP contribution is 2.18. The number of carbonyl (C=O) groups is 3. The van der Waals surface area contributed by atoms with E-state index in [9.17, 15) is 14.4 Å². The van der Waals surface area contributed by atoms with E-state index >= 15 is 0 Å². The molecule has 136 valence electrons. The first-order chi connectivity index (χ1) is 12.5. The van der Waals surface area contributed by atoms with Gasteiger partial charge in [-0.25, -0.2) is 14.8 Å². The van der Waals surface area contributed by atoms with Gasteiger partial charge in [0.2, 0.25) is 0 Å². The lowest BCUT2D eigenvalue weighted by Crippen LogP contribution is -2.22. The number of carbonyl (C=O) groups excluding carboxylic acids is 3. The van der Waals surface area contributed by atoms with E-state index in [0.29, 0.717) is 16.3 Å². The number of ether oxygens (including phenoxy) is 1. The number of nitrogens with one attached hydrogen (secondary N) is 2. The van der Waals surface area contributed by atoms with Gasteiger partial charge in [-0.05, 0) is 30.0 Å². The molecule has 2 N–H and O–H groups in total. The number of rotatable bonds is 7. The lowest BCUT2D eigenvalue weighted by Gasteiger charge is -2.08. The molecule has 0 aliphatic rings. The minimum atomic E-state index is -0.709. The molecule has 2 aromatic rings. The third-order valence-electron chi connectivity index (χ3n) is 3.13. The highest BCUT2D eigenvalue weighted by molar-refractivity contribution is 7.99. The third kappa shape index (κ3) is 5.28. The first-order valence-corrected chi connectivity index (χ1v) is 8.76. The fourth-order valence-electron chi connectivity index (χ4n) is 1.95. The van der Waals surface area contributed by atoms with Crippen LogP contribution in [0.1, 0.15) is 27.8 Å². The number of anilines is 1. The number of thioether (sulfide) groups is 1. The van der Waals surface area contributed by atoms with Crippen molar-refractivity contribution in [2.45, 2.75) is 11.9 Å². The number of esters is 1. The molecule has 0 spiro atoms. The van der Waals surface area contributed by atoms with Crippen LogP contribution in [0, 0.1) is 0 Å². The predicted molar refractivity (Wildman–Crippen MR) is 97.2 cm³/mol. The van der Waals surface area contributed by atoms with Crippen LogP contribution in [-0.4, -0.2) is 47.2 Å². The van der Waals surface area contributed by atoms with Crippen LogP contribution in [0.25, 0.3) is 0 Å². The molecule has 1 aromatic heterocycles. The maximum Gasteiger partial charge on any atom is 0.360 e. The van der Waals surface area contributed by atoms with Crippen LogP contribution in [0.5, 0.6) is 0 Å². The Morgan fingerprint density at radius 3 is 2.46 bits per heavy atom. The Kier molecular flexibility index (Phi) is 7.10. The van der Waals surface area contributed by atoms with Crippen LogP contribution in [0.2, 0.25) is 0 Å². The summed E-state index contributed by atoms with van der Waals surface area (Å²) in [5.41, 5.74) is 1.04. The average molecular weight is 374 g/mol. The topological polar surface area (TPSA) is 110 Å². The van der Waals surface area contributed by atoms with Gasteiger partial charge < -0.3 is 15.4 Å². The smallest absolute Gasteiger partial charge is 0.360 e. The molecule has 8 nitrogen and oxygen atoms in total. The van der Waals surface area contributed by atoms with Gasteiger partial charge >= 0.3 is 5.97 Å². The first kappa shape index (κ1) is 19.4. The Bertz CT molecular complexity index is 796. The standard InChI is InChI=1S/C17H18N4O4S/c1-3-26-16-14(19-8-9-20-16)17(24)25-10-13(22)21-12-6-4-11(5-7-12)15(23)18-2/h4-9H,3,10H2,1-2H3,(H,18,23)(H,21,22). The summed E-state index contributed by atoms with van der Waals surface area (Å²) in [6, 6.07) is 6.33. The summed E-state index contributed by atoms with van der Waals surface area (Å²) < 4.78 is 5.00. The van der Waals surface area contributed by atoms with E-state index in [-0.39, 0.29) is 11.6 Å². The van der Waals surface area contributed by atoms with Crippen LogP contribution in [0.15, 0.2) is 41.7 Å². The third-order valence-corrected chi connectivity index (χ3v) is 3.99. The fraction of sp³-hybridized carbons (Fsp3) is 0.235. The number of aromatic nitrogens is 2. The van der Waals surface area contributed by atoms with Gasteiger partial charge in [0.15, 0.2) is 12.3 Å². The van der Waals surface area contributed by atoms with Crippen molar-refractivity contribution in [3.05, 3.63) is 47.9 Å². The molecule has 9 heteroatoms. The van der Waals surface area contributed by atoms with Crippen molar-refractivity contribution in [2.75, 3.05) is 24.7 Å². The molecule has 0 saturated heterocycles. The van der Waals surface area contributed by atoms with Crippen molar-refractivity contribution in [1.29, 1.82) is 0 Å². The minimum absolute atomic E-state index is 0.0853. The van der Waals surface area contributed by atoms with E-state index in [4.69, 9.17) is 4.74 Å². The molecule has 0 unspecified atom stereocenters. The first-order valence-electron chi connectivity index (χ1n) is 7.78. The number of hydrogen-bond acceptors (Lipinski definition) is 7. The second kappa shape index (κ2) is 9.52. The normalized spacial score (nSPS) is 10.1. The minimum Gasteiger partial charge on any atom is -0.451 e. The maximum absolute atomic E-state index is 12.1. The number of nitrogens with zero attached hydrogens (tertiary/aromatic N) is 2. The molecule has 0 fully saturated rings. The lowest BCUT2D eigenvalue weighted by molar-refractivity contribution is -0.119. The van der Waals surface area contributed by atoms with E-state index in [1.165, 1.54) is 31.2 Å². The fourth-order valence-corrected chi connectivity index (χ4v) is 2.64. The molecule has 1 heterocycles. The van der Waals surface area contributed by atoms with Gasteiger partial charge in [0.1, 0.15) is 5.03 Å². The van der Waals surface area contributed by atoms with E-state index in [1.807, 2.05) is 6.92 Å². The molecule has 0 atom stereocenters. The number of amides is 2. The van der Waals surface area contributed by atoms with Crippen molar-refractivity contribution in [3.8, 4) is 0 Å². The van der Waals surface area contributed by atoms with Gasteiger partial charge in [-0.3, -0.25) is 9.59 Å². The second-order valence-electron chi connectivity index (χ2n) is 4.92. The van der Waals surface area contributed by atoms with Gasteiger partial charge in [0.05, 0.1) is 0 Å². The van der Waals surface area contributed by atoms with E-state index in [2.05, 4.69) is 20.6 Å². The summed E-state index contributed by atoms with van der Waals surface area (Å²) in [5.74, 6) is -0.703. The quantitative estimate of drug-likeness (QED) is 0.561. The zero-order valence-electron chi connectivity index (χ0n) is 14.3. The van der Waals surface area contributed by atoms with Crippen molar-refractivity contribution < 1.29 is 19.1 Å². The van der Waals surface area contributed by atoms with E-state index in [0.717, 1.165) is 5.75 Å². The largest absolute Gasteiger partial charge is 0.451 e. The Morgan fingerprint density at radius 2 is 1.81 bits per heavy atom. The summed E-state index contributed by atoms with van der Waals surface area (Å²) >= 11 is 1.36. The monoisotopic (exact) mass is 374 g/mol. The summed E-state index contributed by atoms with van der Waals surface area (Å²) in [6.45, 7) is 1.47. The highest BCUT2D eigenvalue weighted by atomic mass is 32.2. The van der Waals surface area contributed by atoms with Gasteiger partial charge in [-0.1, -0.05) is 6.92 Å². The highest BCUT2D eigenvalue weighted by Gasteiger charge is 2.17. The Morgan fingerprint density at radius 1 is 1.12 bits per heavy atom. The Hall–Kier alpha value is -2.94. The zero-order chi connectivity index (χ0) is 18.9.